The zero-order valence-corrected chi connectivity index (χ0v) is 9.56. The van der Waals surface area contributed by atoms with Crippen molar-refractivity contribution in [2.24, 2.45) is 0 Å². The maximum atomic E-state index is 11.8. The van der Waals surface area contributed by atoms with E-state index in [0.29, 0.717) is 24.4 Å². The minimum absolute atomic E-state index is 0.134. The number of piperazine rings is 1. The number of para-hydroxylation sites is 1. The van der Waals surface area contributed by atoms with Gasteiger partial charge < -0.3 is 20.1 Å². The van der Waals surface area contributed by atoms with Crippen molar-refractivity contribution in [3.05, 3.63) is 29.8 Å². The Morgan fingerprint density at radius 3 is 2.76 bits per heavy atom. The van der Waals surface area contributed by atoms with Crippen LogP contribution in [-0.4, -0.2) is 42.3 Å². The lowest BCUT2D eigenvalue weighted by Gasteiger charge is -2.26. The van der Waals surface area contributed by atoms with E-state index in [9.17, 15) is 4.79 Å². The minimum Gasteiger partial charge on any atom is -0.410 e. The topological polar surface area (TPSA) is 61.8 Å². The third kappa shape index (κ3) is 2.95. The average Bonchev–Trinajstić information content (AvgIpc) is 2.40. The van der Waals surface area contributed by atoms with E-state index in [1.54, 1.807) is 29.2 Å². The van der Waals surface area contributed by atoms with Gasteiger partial charge in [-0.25, -0.2) is 4.79 Å². The van der Waals surface area contributed by atoms with Gasteiger partial charge in [0.15, 0.2) is 0 Å². The van der Waals surface area contributed by atoms with Crippen LogP contribution in [0.3, 0.4) is 0 Å². The van der Waals surface area contributed by atoms with Crippen molar-refractivity contribution in [2.45, 2.75) is 6.61 Å². The van der Waals surface area contributed by atoms with Crippen LogP contribution in [0.15, 0.2) is 24.3 Å². The van der Waals surface area contributed by atoms with E-state index in [0.717, 1.165) is 13.1 Å². The molecule has 0 bridgehead atoms. The van der Waals surface area contributed by atoms with Crippen LogP contribution in [0.5, 0.6) is 5.75 Å². The smallest absolute Gasteiger partial charge is 0.410 e. The van der Waals surface area contributed by atoms with Crippen LogP contribution >= 0.6 is 0 Å². The van der Waals surface area contributed by atoms with Gasteiger partial charge >= 0.3 is 6.09 Å². The fourth-order valence-electron chi connectivity index (χ4n) is 1.74. The summed E-state index contributed by atoms with van der Waals surface area (Å²) in [5.74, 6) is 0.429. The largest absolute Gasteiger partial charge is 0.415 e. The zero-order chi connectivity index (χ0) is 12.1. The molecule has 1 heterocycles. The molecule has 5 nitrogen and oxygen atoms in total. The first-order valence-electron chi connectivity index (χ1n) is 5.67. The lowest BCUT2D eigenvalue weighted by atomic mass is 10.2. The number of hydrogen-bond donors (Lipinski definition) is 2. The van der Waals surface area contributed by atoms with Gasteiger partial charge in [0.1, 0.15) is 5.75 Å². The summed E-state index contributed by atoms with van der Waals surface area (Å²) < 4.78 is 5.28. The third-order valence-corrected chi connectivity index (χ3v) is 2.72. The van der Waals surface area contributed by atoms with Gasteiger partial charge in [0.05, 0.1) is 6.61 Å². The Morgan fingerprint density at radius 2 is 2.06 bits per heavy atom. The molecule has 0 atom stereocenters. The molecule has 0 unspecified atom stereocenters. The average molecular weight is 236 g/mol. The second-order valence-electron chi connectivity index (χ2n) is 3.87. The second-order valence-corrected chi connectivity index (χ2v) is 3.87. The van der Waals surface area contributed by atoms with Crippen LogP contribution in [0.25, 0.3) is 0 Å². The van der Waals surface area contributed by atoms with E-state index in [1.165, 1.54) is 0 Å². The van der Waals surface area contributed by atoms with Gasteiger partial charge in [0.2, 0.25) is 0 Å². The summed E-state index contributed by atoms with van der Waals surface area (Å²) in [7, 11) is 0. The second kappa shape index (κ2) is 5.65. The number of aliphatic hydroxyl groups excluding tert-OH is 1. The van der Waals surface area contributed by atoms with Gasteiger partial charge in [-0.1, -0.05) is 18.2 Å². The highest BCUT2D eigenvalue weighted by molar-refractivity contribution is 5.71. The SMILES string of the molecule is O=C(Oc1ccccc1CO)N1CCNCC1. The Morgan fingerprint density at radius 1 is 1.35 bits per heavy atom. The first-order valence-corrected chi connectivity index (χ1v) is 5.67. The molecular formula is C12H16N2O3. The van der Waals surface area contributed by atoms with Crippen LogP contribution in [0, 0.1) is 0 Å². The number of carbonyl (C=O) groups excluding carboxylic acids is 1. The Hall–Kier alpha value is -1.59. The fraction of sp³-hybridized carbons (Fsp3) is 0.417. The van der Waals surface area contributed by atoms with Gasteiger partial charge in [-0.3, -0.25) is 0 Å². The number of carbonyl (C=O) groups is 1. The van der Waals surface area contributed by atoms with Crippen LogP contribution < -0.4 is 10.1 Å². The van der Waals surface area contributed by atoms with Crippen molar-refractivity contribution in [2.75, 3.05) is 26.2 Å². The van der Waals surface area contributed by atoms with Gasteiger partial charge in [-0.05, 0) is 6.07 Å². The lowest BCUT2D eigenvalue weighted by Crippen LogP contribution is -2.47. The third-order valence-electron chi connectivity index (χ3n) is 2.72. The molecule has 1 aromatic rings. The molecule has 0 saturated carbocycles. The molecule has 1 saturated heterocycles. The van der Waals surface area contributed by atoms with Crippen LogP contribution in [0.1, 0.15) is 5.56 Å². The van der Waals surface area contributed by atoms with E-state index in [-0.39, 0.29) is 12.7 Å². The molecule has 1 aliphatic heterocycles. The molecule has 0 aliphatic carbocycles. The van der Waals surface area contributed by atoms with Crippen molar-refractivity contribution in [3.8, 4) is 5.75 Å². The molecule has 0 spiro atoms. The van der Waals surface area contributed by atoms with Crippen LogP contribution in [-0.2, 0) is 6.61 Å². The zero-order valence-electron chi connectivity index (χ0n) is 9.56. The molecule has 1 aliphatic rings. The van der Waals surface area contributed by atoms with Crippen molar-refractivity contribution >= 4 is 6.09 Å². The van der Waals surface area contributed by atoms with E-state index in [1.807, 2.05) is 0 Å². The predicted octanol–water partition coefficient (Wildman–Crippen LogP) is 0.583. The number of nitrogens with one attached hydrogen (secondary N) is 1. The predicted molar refractivity (Wildman–Crippen MR) is 62.8 cm³/mol. The summed E-state index contributed by atoms with van der Waals surface area (Å²) in [4.78, 5) is 13.5. The van der Waals surface area contributed by atoms with Crippen molar-refractivity contribution in [1.82, 2.24) is 10.2 Å². The molecular weight excluding hydrogens is 220 g/mol. The minimum atomic E-state index is -0.354. The quantitative estimate of drug-likeness (QED) is 0.788. The van der Waals surface area contributed by atoms with E-state index in [2.05, 4.69) is 5.32 Å². The monoisotopic (exact) mass is 236 g/mol. The molecule has 92 valence electrons. The van der Waals surface area contributed by atoms with Crippen LogP contribution in [0.4, 0.5) is 4.79 Å². The van der Waals surface area contributed by atoms with Crippen LogP contribution in [0.2, 0.25) is 0 Å². The number of hydrogen-bond acceptors (Lipinski definition) is 4. The summed E-state index contributed by atoms with van der Waals surface area (Å²) in [5.41, 5.74) is 0.621. The highest BCUT2D eigenvalue weighted by Gasteiger charge is 2.18. The maximum Gasteiger partial charge on any atom is 0.415 e. The number of nitrogens with zero attached hydrogens (tertiary/aromatic N) is 1. The molecule has 17 heavy (non-hydrogen) atoms. The van der Waals surface area contributed by atoms with E-state index < -0.39 is 0 Å². The van der Waals surface area contributed by atoms with Crippen molar-refractivity contribution in [3.63, 3.8) is 0 Å². The first kappa shape index (κ1) is 11.9. The summed E-state index contributed by atoms with van der Waals surface area (Å²) in [5, 5.41) is 12.3. The number of amides is 1. The van der Waals surface area contributed by atoms with E-state index in [4.69, 9.17) is 9.84 Å². The van der Waals surface area contributed by atoms with Gasteiger partial charge in [-0.15, -0.1) is 0 Å². The Kier molecular flexibility index (Phi) is 3.95. The molecule has 1 aromatic carbocycles. The number of benzene rings is 1. The fourth-order valence-corrected chi connectivity index (χ4v) is 1.74. The van der Waals surface area contributed by atoms with E-state index >= 15 is 0 Å². The van der Waals surface area contributed by atoms with Gasteiger partial charge in [-0.2, -0.15) is 0 Å². The summed E-state index contributed by atoms with van der Waals surface area (Å²) >= 11 is 0. The molecule has 2 N–H and O–H groups in total. The summed E-state index contributed by atoms with van der Waals surface area (Å²) in [6, 6.07) is 7.00. The number of aliphatic hydroxyl groups is 1. The Balaban J connectivity index is 2.01. The number of ether oxygens (including phenoxy) is 1. The summed E-state index contributed by atoms with van der Waals surface area (Å²) in [6.45, 7) is 2.75. The van der Waals surface area contributed by atoms with Gasteiger partial charge in [0.25, 0.3) is 0 Å². The molecule has 2 rings (SSSR count). The summed E-state index contributed by atoms with van der Waals surface area (Å²) in [6.07, 6.45) is -0.354. The van der Waals surface area contributed by atoms with Crippen molar-refractivity contribution < 1.29 is 14.6 Å². The standard InChI is InChI=1S/C12H16N2O3/c15-9-10-3-1-2-4-11(10)17-12(16)14-7-5-13-6-8-14/h1-4,13,15H,5-9H2. The molecule has 0 radical (unpaired) electrons. The maximum absolute atomic E-state index is 11.8. The number of rotatable bonds is 2. The Bertz CT molecular complexity index is 389. The molecule has 1 fully saturated rings. The highest BCUT2D eigenvalue weighted by atomic mass is 16.6. The first-order chi connectivity index (χ1) is 8.31. The molecule has 0 aromatic heterocycles. The lowest BCUT2D eigenvalue weighted by molar-refractivity contribution is 0.144. The highest BCUT2D eigenvalue weighted by Crippen LogP contribution is 2.18. The molecule has 1 amide bonds. The molecule has 5 heteroatoms. The van der Waals surface area contributed by atoms with Crippen molar-refractivity contribution in [1.29, 1.82) is 0 Å². The Labute approximate surface area is 100.0 Å². The van der Waals surface area contributed by atoms with Gasteiger partial charge in [0, 0.05) is 31.7 Å². The normalized spacial score (nSPS) is 15.7.